The van der Waals surface area contributed by atoms with Crippen molar-refractivity contribution in [2.45, 2.75) is 32.0 Å². The highest BCUT2D eigenvalue weighted by molar-refractivity contribution is 5.89. The van der Waals surface area contributed by atoms with Crippen LogP contribution in [-0.4, -0.2) is 39.6 Å². The molecule has 1 saturated heterocycles. The summed E-state index contributed by atoms with van der Waals surface area (Å²) in [5, 5.41) is 9.39. The van der Waals surface area contributed by atoms with E-state index in [1.807, 2.05) is 24.8 Å². The topological polar surface area (TPSA) is 65.2 Å². The minimum absolute atomic E-state index is 0.0827. The van der Waals surface area contributed by atoms with Crippen LogP contribution in [0.5, 0.6) is 0 Å². The molecule has 3 heterocycles. The van der Waals surface area contributed by atoms with E-state index in [1.165, 1.54) is 41.9 Å². The predicted molar refractivity (Wildman–Crippen MR) is 139 cm³/mol. The van der Waals surface area contributed by atoms with Crippen LogP contribution in [0.15, 0.2) is 65.5 Å². The minimum Gasteiger partial charge on any atom is -0.362 e. The van der Waals surface area contributed by atoms with E-state index in [9.17, 15) is 18.8 Å². The van der Waals surface area contributed by atoms with E-state index in [0.717, 1.165) is 11.1 Å². The Labute approximate surface area is 218 Å². The third-order valence-corrected chi connectivity index (χ3v) is 7.30. The monoisotopic (exact) mass is 517 g/mol. The van der Waals surface area contributed by atoms with Gasteiger partial charge in [0.25, 0.3) is 5.56 Å². The summed E-state index contributed by atoms with van der Waals surface area (Å²) in [7, 11) is 1.48. The number of anilines is 1. The normalized spacial score (nSPS) is 18.2. The molecule has 1 aliphatic heterocycles. The molecule has 0 radical (unpaired) electrons. The third-order valence-electron chi connectivity index (χ3n) is 7.30. The number of fused-ring (bicyclic) bond motifs is 1. The zero-order valence-electron chi connectivity index (χ0n) is 21.2. The lowest BCUT2D eigenvalue weighted by Crippen LogP contribution is -2.58. The Hall–Kier alpha value is -4.16. The number of halogens is 3. The highest BCUT2D eigenvalue weighted by Crippen LogP contribution is 2.36. The van der Waals surface area contributed by atoms with Crippen molar-refractivity contribution in [1.29, 1.82) is 5.26 Å². The molecule has 0 amide bonds. The lowest BCUT2D eigenvalue weighted by molar-refractivity contribution is 0.129. The van der Waals surface area contributed by atoms with Crippen molar-refractivity contribution < 1.29 is 13.2 Å². The van der Waals surface area contributed by atoms with Crippen molar-refractivity contribution in [2.75, 3.05) is 18.0 Å². The van der Waals surface area contributed by atoms with E-state index in [2.05, 4.69) is 9.88 Å². The molecule has 0 saturated carbocycles. The second-order valence-corrected chi connectivity index (χ2v) is 9.76. The van der Waals surface area contributed by atoms with Gasteiger partial charge in [-0.15, -0.1) is 0 Å². The van der Waals surface area contributed by atoms with E-state index < -0.39 is 11.4 Å². The van der Waals surface area contributed by atoms with Gasteiger partial charge in [-0.25, -0.2) is 13.8 Å². The summed E-state index contributed by atoms with van der Waals surface area (Å²) in [6.07, 6.45) is 0. The van der Waals surface area contributed by atoms with E-state index in [1.54, 1.807) is 30.3 Å². The number of benzene rings is 2. The smallest absolute Gasteiger partial charge is 0.289 e. The van der Waals surface area contributed by atoms with E-state index in [4.69, 9.17) is 0 Å². The molecule has 0 N–H and O–H groups in total. The maximum Gasteiger partial charge on any atom is 0.289 e. The summed E-state index contributed by atoms with van der Waals surface area (Å²) in [5.74, 6) is -1.62. The number of aromatic nitrogens is 2. The van der Waals surface area contributed by atoms with Gasteiger partial charge in [-0.1, -0.05) is 24.3 Å². The van der Waals surface area contributed by atoms with Crippen LogP contribution >= 0.6 is 0 Å². The molecule has 1 aliphatic rings. The fourth-order valence-corrected chi connectivity index (χ4v) is 5.37. The van der Waals surface area contributed by atoms with E-state index in [0.29, 0.717) is 18.6 Å². The SMILES string of the molecule is C[C@H]1CN(C(c2ccc(F)cc2)c2ccc(F)cc2)[C@@H](C)CN1c1c(F)c(=O)n(C)c2ccc(C#N)nc12. The number of piperazine rings is 1. The Morgan fingerprint density at radius 2 is 1.47 bits per heavy atom. The largest absolute Gasteiger partial charge is 0.362 e. The number of hydrogen-bond acceptors (Lipinski definition) is 5. The molecule has 0 bridgehead atoms. The molecule has 0 aliphatic carbocycles. The van der Waals surface area contributed by atoms with Crippen LogP contribution in [0.2, 0.25) is 0 Å². The second kappa shape index (κ2) is 9.95. The van der Waals surface area contributed by atoms with Crippen molar-refractivity contribution in [3.05, 3.63) is 105 Å². The van der Waals surface area contributed by atoms with Crippen molar-refractivity contribution >= 4 is 16.7 Å². The lowest BCUT2D eigenvalue weighted by atomic mass is 9.93. The Morgan fingerprint density at radius 3 is 2.03 bits per heavy atom. The summed E-state index contributed by atoms with van der Waals surface area (Å²) < 4.78 is 44.3. The molecular formula is C29H26F3N5O. The molecule has 2 aromatic heterocycles. The van der Waals surface area contributed by atoms with Gasteiger partial charge < -0.3 is 9.47 Å². The number of rotatable bonds is 4. The van der Waals surface area contributed by atoms with Crippen LogP contribution in [0.4, 0.5) is 18.9 Å². The van der Waals surface area contributed by atoms with Crippen molar-refractivity contribution in [3.8, 4) is 6.07 Å². The molecule has 4 aromatic rings. The fourth-order valence-electron chi connectivity index (χ4n) is 5.37. The van der Waals surface area contributed by atoms with Crippen LogP contribution in [0, 0.1) is 28.8 Å². The molecule has 194 valence electrons. The van der Waals surface area contributed by atoms with Crippen LogP contribution in [0.3, 0.4) is 0 Å². The lowest BCUT2D eigenvalue weighted by Gasteiger charge is -2.48. The average Bonchev–Trinajstić information content (AvgIpc) is 2.91. The fraction of sp³-hybridized carbons (Fsp3) is 0.276. The highest BCUT2D eigenvalue weighted by atomic mass is 19.1. The molecule has 5 rings (SSSR count). The van der Waals surface area contributed by atoms with Gasteiger partial charge in [-0.2, -0.15) is 9.65 Å². The highest BCUT2D eigenvalue weighted by Gasteiger charge is 2.37. The molecule has 38 heavy (non-hydrogen) atoms. The summed E-state index contributed by atoms with van der Waals surface area (Å²) in [4.78, 5) is 21.2. The van der Waals surface area contributed by atoms with Gasteiger partial charge in [0, 0.05) is 32.2 Å². The molecule has 0 spiro atoms. The van der Waals surface area contributed by atoms with E-state index >= 15 is 4.39 Å². The summed E-state index contributed by atoms with van der Waals surface area (Å²) >= 11 is 0. The summed E-state index contributed by atoms with van der Waals surface area (Å²) in [5.41, 5.74) is 1.82. The third kappa shape index (κ3) is 4.41. The summed E-state index contributed by atoms with van der Waals surface area (Å²) in [6.45, 7) is 4.75. The molecule has 2 atom stereocenters. The molecule has 2 aromatic carbocycles. The van der Waals surface area contributed by atoms with Crippen molar-refractivity contribution in [2.24, 2.45) is 7.05 Å². The number of hydrogen-bond donors (Lipinski definition) is 0. The zero-order valence-corrected chi connectivity index (χ0v) is 21.2. The van der Waals surface area contributed by atoms with Gasteiger partial charge in [0.1, 0.15) is 34.6 Å². The van der Waals surface area contributed by atoms with Crippen LogP contribution in [0.1, 0.15) is 36.7 Å². The molecule has 1 fully saturated rings. The number of nitriles is 1. The van der Waals surface area contributed by atoms with Gasteiger partial charge in [0.2, 0.25) is 5.82 Å². The maximum atomic E-state index is 15.6. The first-order valence-corrected chi connectivity index (χ1v) is 12.3. The van der Waals surface area contributed by atoms with E-state index in [-0.39, 0.29) is 46.7 Å². The quantitative estimate of drug-likeness (QED) is 0.385. The van der Waals surface area contributed by atoms with Crippen LogP contribution < -0.4 is 10.5 Å². The molecular weight excluding hydrogens is 491 g/mol. The number of aryl methyl sites for hydroxylation is 1. The first-order chi connectivity index (χ1) is 18.2. The number of pyridine rings is 2. The van der Waals surface area contributed by atoms with Gasteiger partial charge in [-0.3, -0.25) is 9.69 Å². The standard InChI is InChI=1S/C29H26F3N5O/c1-17-16-37(28-25(32)29(38)35(3)24-13-12-23(14-33)34-26(24)28)18(2)15-36(17)27(19-4-8-21(30)9-5-19)20-6-10-22(31)11-7-20/h4-13,17-18,27H,15-16H2,1-3H3/t17-,18-/m0/s1. The van der Waals surface area contributed by atoms with Gasteiger partial charge in [-0.05, 0) is 61.4 Å². The first-order valence-electron chi connectivity index (χ1n) is 12.3. The molecule has 9 heteroatoms. The van der Waals surface area contributed by atoms with Crippen molar-refractivity contribution in [1.82, 2.24) is 14.5 Å². The Kier molecular flexibility index (Phi) is 6.67. The molecule has 6 nitrogen and oxygen atoms in total. The molecule has 0 unspecified atom stereocenters. The van der Waals surface area contributed by atoms with Crippen molar-refractivity contribution in [3.63, 3.8) is 0 Å². The number of nitrogens with zero attached hydrogens (tertiary/aromatic N) is 5. The van der Waals surface area contributed by atoms with Gasteiger partial charge in [0.05, 0.1) is 11.6 Å². The maximum absolute atomic E-state index is 15.6. The Morgan fingerprint density at radius 1 is 0.895 bits per heavy atom. The average molecular weight is 518 g/mol. The predicted octanol–water partition coefficient (Wildman–Crippen LogP) is 4.91. The zero-order chi connectivity index (χ0) is 27.1. The Bertz CT molecular complexity index is 1550. The second-order valence-electron chi connectivity index (χ2n) is 9.76. The first kappa shape index (κ1) is 25.5. The van der Waals surface area contributed by atoms with Crippen LogP contribution in [-0.2, 0) is 7.05 Å². The minimum atomic E-state index is -0.913. The van der Waals surface area contributed by atoms with Gasteiger partial charge >= 0.3 is 0 Å². The van der Waals surface area contributed by atoms with Crippen LogP contribution in [0.25, 0.3) is 11.0 Å². The van der Waals surface area contributed by atoms with Gasteiger partial charge in [0.15, 0.2) is 0 Å². The summed E-state index contributed by atoms with van der Waals surface area (Å²) in [6, 6.07) is 16.9. The Balaban J connectivity index is 1.58.